The molecule has 0 saturated heterocycles. The van der Waals surface area contributed by atoms with Gasteiger partial charge in [-0.15, -0.1) is 0 Å². The van der Waals surface area contributed by atoms with Crippen molar-refractivity contribution in [3.63, 3.8) is 0 Å². The van der Waals surface area contributed by atoms with E-state index in [0.717, 1.165) is 24.3 Å². The Bertz CT molecular complexity index is 1260. The number of hydrogen-bond acceptors (Lipinski definition) is 5. The Morgan fingerprint density at radius 1 is 0.914 bits per heavy atom. The summed E-state index contributed by atoms with van der Waals surface area (Å²) >= 11 is 0. The van der Waals surface area contributed by atoms with Crippen LogP contribution >= 0.6 is 0 Å². The zero-order valence-electron chi connectivity index (χ0n) is 18.8. The molecule has 1 amide bonds. The number of alkyl halides is 3. The van der Waals surface area contributed by atoms with Gasteiger partial charge in [-0.25, -0.2) is 8.42 Å². The molecule has 7 nitrogen and oxygen atoms in total. The van der Waals surface area contributed by atoms with Crippen molar-refractivity contribution in [2.45, 2.75) is 23.5 Å². The van der Waals surface area contributed by atoms with Gasteiger partial charge in [-0.2, -0.15) is 17.9 Å². The molecule has 0 bridgehead atoms. The largest absolute Gasteiger partial charge is 0.493 e. The van der Waals surface area contributed by atoms with Crippen LogP contribution in [0.5, 0.6) is 11.5 Å². The lowest BCUT2D eigenvalue weighted by molar-refractivity contribution is -0.137. The summed E-state index contributed by atoms with van der Waals surface area (Å²) in [7, 11) is -1.43. The van der Waals surface area contributed by atoms with Gasteiger partial charge >= 0.3 is 6.18 Å². The first-order valence-electron chi connectivity index (χ1n) is 10.3. The molecule has 0 aliphatic heterocycles. The van der Waals surface area contributed by atoms with Gasteiger partial charge in [0.2, 0.25) is 15.9 Å². The van der Waals surface area contributed by atoms with Gasteiger partial charge in [-0.05, 0) is 48.4 Å². The van der Waals surface area contributed by atoms with E-state index in [9.17, 15) is 26.4 Å². The van der Waals surface area contributed by atoms with Crippen molar-refractivity contribution in [2.24, 2.45) is 0 Å². The molecule has 0 radical (unpaired) electrons. The quantitative estimate of drug-likeness (QED) is 0.451. The molecule has 186 valence electrons. The number of rotatable bonds is 9. The fourth-order valence-corrected chi connectivity index (χ4v) is 4.46. The molecule has 0 aliphatic rings. The van der Waals surface area contributed by atoms with Crippen molar-refractivity contribution < 1.29 is 35.9 Å². The number of nitrogens with one attached hydrogen (secondary N) is 2. The minimum Gasteiger partial charge on any atom is -0.493 e. The van der Waals surface area contributed by atoms with E-state index in [2.05, 4.69) is 10.0 Å². The van der Waals surface area contributed by atoms with E-state index in [-0.39, 0.29) is 22.8 Å². The number of amides is 1. The van der Waals surface area contributed by atoms with Crippen molar-refractivity contribution in [1.82, 2.24) is 4.72 Å². The predicted octanol–water partition coefficient (Wildman–Crippen LogP) is 4.25. The summed E-state index contributed by atoms with van der Waals surface area (Å²) in [6.45, 7) is 0. The molecule has 0 fully saturated rings. The number of sulfonamides is 1. The maximum Gasteiger partial charge on any atom is 0.416 e. The molecule has 0 saturated carbocycles. The van der Waals surface area contributed by atoms with Crippen LogP contribution in [-0.4, -0.2) is 34.6 Å². The highest BCUT2D eigenvalue weighted by Gasteiger charge is 2.31. The average molecular weight is 509 g/mol. The fourth-order valence-electron chi connectivity index (χ4n) is 3.25. The Labute approximate surface area is 200 Å². The number of hydrogen-bond donors (Lipinski definition) is 2. The zero-order chi connectivity index (χ0) is 25.6. The monoisotopic (exact) mass is 508 g/mol. The number of ether oxygens (including phenoxy) is 2. The van der Waals surface area contributed by atoms with Crippen LogP contribution in [0, 0.1) is 0 Å². The van der Waals surface area contributed by atoms with Gasteiger partial charge in [0.25, 0.3) is 0 Å². The lowest BCUT2D eigenvalue weighted by Gasteiger charge is -2.19. The third-order valence-electron chi connectivity index (χ3n) is 5.04. The molecule has 0 heterocycles. The van der Waals surface area contributed by atoms with E-state index in [1.54, 1.807) is 30.3 Å². The normalized spacial score (nSPS) is 12.6. The van der Waals surface area contributed by atoms with E-state index in [0.29, 0.717) is 11.3 Å². The Morgan fingerprint density at radius 3 is 2.11 bits per heavy atom. The van der Waals surface area contributed by atoms with Crippen LogP contribution < -0.4 is 19.5 Å². The van der Waals surface area contributed by atoms with Crippen LogP contribution in [0.2, 0.25) is 0 Å². The molecule has 11 heteroatoms. The number of methoxy groups -OCH3 is 2. The minimum atomic E-state index is -4.52. The van der Waals surface area contributed by atoms with Gasteiger partial charge in [0, 0.05) is 11.8 Å². The molecule has 1 atom stereocenters. The number of carbonyl (C=O) groups excluding carboxylic acids is 1. The highest BCUT2D eigenvalue weighted by Crippen LogP contribution is 2.31. The van der Waals surface area contributed by atoms with Crippen LogP contribution in [0.3, 0.4) is 0 Å². The van der Waals surface area contributed by atoms with Crippen molar-refractivity contribution in [2.75, 3.05) is 19.5 Å². The van der Waals surface area contributed by atoms with Crippen molar-refractivity contribution in [3.8, 4) is 11.5 Å². The molecule has 3 aromatic rings. The molecule has 0 unspecified atom stereocenters. The SMILES string of the molecule is COc1ccc(S(=O)(=O)N[C@H](Cc2ccccc2)C(=O)Nc2ccc(C(F)(F)F)cc2)cc1OC. The lowest BCUT2D eigenvalue weighted by Crippen LogP contribution is -2.45. The molecule has 2 N–H and O–H groups in total. The topological polar surface area (TPSA) is 93.7 Å². The lowest BCUT2D eigenvalue weighted by atomic mass is 10.1. The van der Waals surface area contributed by atoms with Crippen LogP contribution in [0.15, 0.2) is 77.7 Å². The van der Waals surface area contributed by atoms with Gasteiger partial charge in [0.1, 0.15) is 6.04 Å². The first-order chi connectivity index (χ1) is 16.5. The molecule has 0 aromatic heterocycles. The summed E-state index contributed by atoms with van der Waals surface area (Å²) < 4.78 is 77.3. The van der Waals surface area contributed by atoms with E-state index < -0.39 is 33.7 Å². The summed E-state index contributed by atoms with van der Waals surface area (Å²) in [5, 5.41) is 2.48. The number of carbonyl (C=O) groups is 1. The van der Waals surface area contributed by atoms with Crippen LogP contribution in [0.1, 0.15) is 11.1 Å². The molecule has 3 aromatic carbocycles. The Morgan fingerprint density at radius 2 is 1.54 bits per heavy atom. The first kappa shape index (κ1) is 26.0. The van der Waals surface area contributed by atoms with E-state index in [1.807, 2.05) is 0 Å². The highest BCUT2D eigenvalue weighted by atomic mass is 32.2. The third-order valence-corrected chi connectivity index (χ3v) is 6.51. The second kappa shape index (κ2) is 10.8. The molecule has 0 aliphatic carbocycles. The Kier molecular flexibility index (Phi) is 8.03. The van der Waals surface area contributed by atoms with E-state index in [4.69, 9.17) is 9.47 Å². The first-order valence-corrected chi connectivity index (χ1v) is 11.8. The van der Waals surface area contributed by atoms with Crippen LogP contribution in [0.4, 0.5) is 18.9 Å². The van der Waals surface area contributed by atoms with Gasteiger partial charge in [-0.3, -0.25) is 4.79 Å². The second-order valence-corrected chi connectivity index (χ2v) is 9.16. The maximum atomic E-state index is 13.1. The maximum absolute atomic E-state index is 13.1. The fraction of sp³-hybridized carbons (Fsp3) is 0.208. The standard InChI is InChI=1S/C24H23F3N2O5S/c1-33-21-13-12-19(15-22(21)34-2)35(31,32)29-20(14-16-6-4-3-5-7-16)23(30)28-18-10-8-17(9-11-18)24(25,26)27/h3-13,15,20,29H,14H2,1-2H3,(H,28,30)/t20-/m1/s1. The Hall–Kier alpha value is -3.57. The van der Waals surface area contributed by atoms with Gasteiger partial charge in [-0.1, -0.05) is 30.3 Å². The minimum absolute atomic E-state index is 0.000171. The summed E-state index contributed by atoms with van der Waals surface area (Å²) in [5.74, 6) is -0.228. The Balaban J connectivity index is 1.87. The summed E-state index contributed by atoms with van der Waals surface area (Å²) in [5.41, 5.74) is -0.105. The van der Waals surface area contributed by atoms with Crippen molar-refractivity contribution >= 4 is 21.6 Å². The molecule has 0 spiro atoms. The summed E-state index contributed by atoms with van der Waals surface area (Å²) in [4.78, 5) is 12.9. The number of anilines is 1. The predicted molar refractivity (Wildman–Crippen MR) is 124 cm³/mol. The number of benzene rings is 3. The third kappa shape index (κ3) is 6.74. The van der Waals surface area contributed by atoms with Gasteiger partial charge in [0.15, 0.2) is 11.5 Å². The molecular formula is C24H23F3N2O5S. The summed E-state index contributed by atoms with van der Waals surface area (Å²) in [6.07, 6.45) is -4.52. The highest BCUT2D eigenvalue weighted by molar-refractivity contribution is 7.89. The molecular weight excluding hydrogens is 485 g/mol. The smallest absolute Gasteiger partial charge is 0.416 e. The zero-order valence-corrected chi connectivity index (χ0v) is 19.6. The molecule has 3 rings (SSSR count). The van der Waals surface area contributed by atoms with Crippen LogP contribution in [0.25, 0.3) is 0 Å². The van der Waals surface area contributed by atoms with Crippen molar-refractivity contribution in [3.05, 3.63) is 83.9 Å². The van der Waals surface area contributed by atoms with E-state index >= 15 is 0 Å². The van der Waals surface area contributed by atoms with Gasteiger partial charge < -0.3 is 14.8 Å². The average Bonchev–Trinajstić information content (AvgIpc) is 2.83. The molecule has 35 heavy (non-hydrogen) atoms. The van der Waals surface area contributed by atoms with Crippen LogP contribution in [-0.2, 0) is 27.4 Å². The van der Waals surface area contributed by atoms with Crippen molar-refractivity contribution in [1.29, 1.82) is 0 Å². The number of halogens is 3. The van der Waals surface area contributed by atoms with Gasteiger partial charge in [0.05, 0.1) is 24.7 Å². The second-order valence-electron chi connectivity index (χ2n) is 7.44. The summed E-state index contributed by atoms with van der Waals surface area (Å²) in [6, 6.07) is 15.3. The van der Waals surface area contributed by atoms with E-state index in [1.165, 1.54) is 32.4 Å².